The molecule has 13 heavy (non-hydrogen) atoms. The molecule has 0 aliphatic heterocycles. The summed E-state index contributed by atoms with van der Waals surface area (Å²) in [6.45, 7) is 1.28. The Kier molecular flexibility index (Phi) is 3.45. The second kappa shape index (κ2) is 4.39. The van der Waals surface area contributed by atoms with Gasteiger partial charge < -0.3 is 4.74 Å². The van der Waals surface area contributed by atoms with Crippen molar-refractivity contribution in [1.82, 2.24) is 9.97 Å². The van der Waals surface area contributed by atoms with Crippen molar-refractivity contribution in [3.8, 4) is 0 Å². The summed E-state index contributed by atoms with van der Waals surface area (Å²) in [7, 11) is 0. The minimum Gasteiger partial charge on any atom is -0.458 e. The Hall–Kier alpha value is -0.870. The molecule has 1 aromatic heterocycles. The van der Waals surface area contributed by atoms with Gasteiger partial charge in [-0.15, -0.1) is 0 Å². The van der Waals surface area contributed by atoms with Crippen molar-refractivity contribution in [2.24, 2.45) is 0 Å². The topological polar surface area (TPSA) is 52.1 Å². The highest BCUT2D eigenvalue weighted by Gasteiger charge is 2.03. The van der Waals surface area contributed by atoms with Crippen LogP contribution in [0.25, 0.3) is 0 Å². The summed E-state index contributed by atoms with van der Waals surface area (Å²) >= 11 is 11.2. The van der Waals surface area contributed by atoms with Gasteiger partial charge in [0.15, 0.2) is 12.4 Å². The van der Waals surface area contributed by atoms with Crippen LogP contribution in [-0.2, 0) is 16.1 Å². The zero-order chi connectivity index (χ0) is 9.84. The second-order valence-corrected chi connectivity index (χ2v) is 2.98. The van der Waals surface area contributed by atoms with Crippen molar-refractivity contribution in [1.29, 1.82) is 0 Å². The standard InChI is InChI=1S/C7H6Cl2N2O2/c1-4(12)13-3-7-10-5(8)2-6(9)11-7/h2H,3H2,1H3. The van der Waals surface area contributed by atoms with Gasteiger partial charge in [0, 0.05) is 13.0 Å². The number of carbonyl (C=O) groups is 1. The van der Waals surface area contributed by atoms with Crippen LogP contribution >= 0.6 is 23.2 Å². The van der Waals surface area contributed by atoms with E-state index in [4.69, 9.17) is 23.2 Å². The van der Waals surface area contributed by atoms with Crippen molar-refractivity contribution in [2.45, 2.75) is 13.5 Å². The molecule has 70 valence electrons. The molecule has 0 fully saturated rings. The lowest BCUT2D eigenvalue weighted by atomic mass is 10.6. The summed E-state index contributed by atoms with van der Waals surface area (Å²) < 4.78 is 4.66. The first-order valence-corrected chi connectivity index (χ1v) is 4.16. The van der Waals surface area contributed by atoms with Gasteiger partial charge in [-0.3, -0.25) is 4.79 Å². The highest BCUT2D eigenvalue weighted by molar-refractivity contribution is 6.33. The number of rotatable bonds is 2. The Morgan fingerprint density at radius 1 is 1.46 bits per heavy atom. The molecule has 0 saturated carbocycles. The van der Waals surface area contributed by atoms with Gasteiger partial charge >= 0.3 is 5.97 Å². The molecule has 0 aliphatic rings. The minimum absolute atomic E-state index is 0.0182. The Balaban J connectivity index is 2.71. The molecule has 1 heterocycles. The summed E-state index contributed by atoms with van der Waals surface area (Å²) in [5.74, 6) is -0.118. The first-order chi connectivity index (χ1) is 6.08. The van der Waals surface area contributed by atoms with E-state index in [0.29, 0.717) is 0 Å². The fraction of sp³-hybridized carbons (Fsp3) is 0.286. The van der Waals surface area contributed by atoms with Gasteiger partial charge in [-0.1, -0.05) is 23.2 Å². The Morgan fingerprint density at radius 3 is 2.46 bits per heavy atom. The van der Waals surface area contributed by atoms with Crippen molar-refractivity contribution < 1.29 is 9.53 Å². The number of aromatic nitrogens is 2. The van der Waals surface area contributed by atoms with Gasteiger partial charge in [0.05, 0.1) is 0 Å². The predicted molar refractivity (Wildman–Crippen MR) is 47.5 cm³/mol. The molecule has 0 radical (unpaired) electrons. The quantitative estimate of drug-likeness (QED) is 0.564. The van der Waals surface area contributed by atoms with Gasteiger partial charge in [0.2, 0.25) is 0 Å². The molecule has 0 bridgehead atoms. The first-order valence-electron chi connectivity index (χ1n) is 3.40. The SMILES string of the molecule is CC(=O)OCc1nc(Cl)cc(Cl)n1. The van der Waals surface area contributed by atoms with E-state index in [1.165, 1.54) is 13.0 Å². The van der Waals surface area contributed by atoms with E-state index >= 15 is 0 Å². The maximum atomic E-state index is 10.4. The van der Waals surface area contributed by atoms with E-state index in [9.17, 15) is 4.79 Å². The summed E-state index contributed by atoms with van der Waals surface area (Å²) in [6, 6.07) is 1.40. The van der Waals surface area contributed by atoms with Crippen LogP contribution in [-0.4, -0.2) is 15.9 Å². The molecule has 0 unspecified atom stereocenters. The van der Waals surface area contributed by atoms with Crippen LogP contribution in [0.15, 0.2) is 6.07 Å². The summed E-state index contributed by atoms with van der Waals surface area (Å²) in [4.78, 5) is 18.0. The predicted octanol–water partition coefficient (Wildman–Crippen LogP) is 1.85. The van der Waals surface area contributed by atoms with Gasteiger partial charge in [-0.25, -0.2) is 9.97 Å². The highest BCUT2D eigenvalue weighted by Crippen LogP contribution is 2.11. The van der Waals surface area contributed by atoms with Gasteiger partial charge in [0.25, 0.3) is 0 Å². The molecule has 6 heteroatoms. The smallest absolute Gasteiger partial charge is 0.303 e. The van der Waals surface area contributed by atoms with E-state index in [1.54, 1.807) is 0 Å². The van der Waals surface area contributed by atoms with Crippen LogP contribution in [0.2, 0.25) is 10.3 Å². The average molecular weight is 221 g/mol. The van der Waals surface area contributed by atoms with Crippen molar-refractivity contribution in [2.75, 3.05) is 0 Å². The maximum absolute atomic E-state index is 10.4. The molecule has 0 spiro atoms. The minimum atomic E-state index is -0.403. The lowest BCUT2D eigenvalue weighted by molar-refractivity contribution is -0.142. The Labute approximate surface area is 84.8 Å². The molecule has 1 aromatic rings. The fourth-order valence-corrected chi connectivity index (χ4v) is 1.12. The number of ether oxygens (including phenoxy) is 1. The fourth-order valence-electron chi connectivity index (χ4n) is 0.665. The molecule has 1 rings (SSSR count). The van der Waals surface area contributed by atoms with E-state index in [0.717, 1.165) is 0 Å². The first kappa shape index (κ1) is 10.2. The summed E-state index contributed by atoms with van der Waals surface area (Å²) in [5, 5.41) is 0.448. The lowest BCUT2D eigenvalue weighted by Crippen LogP contribution is -2.03. The zero-order valence-corrected chi connectivity index (χ0v) is 8.26. The number of esters is 1. The third-order valence-electron chi connectivity index (χ3n) is 1.11. The number of hydrogen-bond acceptors (Lipinski definition) is 4. The van der Waals surface area contributed by atoms with Crippen molar-refractivity contribution in [3.05, 3.63) is 22.2 Å². The third-order valence-corrected chi connectivity index (χ3v) is 1.50. The number of hydrogen-bond donors (Lipinski definition) is 0. The molecule has 0 saturated heterocycles. The van der Waals surface area contributed by atoms with Crippen LogP contribution in [0.5, 0.6) is 0 Å². The highest BCUT2D eigenvalue weighted by atomic mass is 35.5. The summed E-state index contributed by atoms with van der Waals surface area (Å²) in [5.41, 5.74) is 0. The van der Waals surface area contributed by atoms with Crippen LogP contribution in [0.3, 0.4) is 0 Å². The van der Waals surface area contributed by atoms with Crippen molar-refractivity contribution in [3.63, 3.8) is 0 Å². The van der Waals surface area contributed by atoms with Crippen LogP contribution in [0.1, 0.15) is 12.7 Å². The molecular weight excluding hydrogens is 215 g/mol. The molecule has 0 atom stereocenters. The zero-order valence-electron chi connectivity index (χ0n) is 6.75. The van der Waals surface area contributed by atoms with Crippen LogP contribution < -0.4 is 0 Å². The monoisotopic (exact) mass is 220 g/mol. The normalized spacial score (nSPS) is 9.77. The van der Waals surface area contributed by atoms with Crippen LogP contribution in [0, 0.1) is 0 Å². The largest absolute Gasteiger partial charge is 0.458 e. The molecule has 0 N–H and O–H groups in total. The van der Waals surface area contributed by atoms with E-state index in [-0.39, 0.29) is 22.7 Å². The number of halogens is 2. The molecular formula is C7H6Cl2N2O2. The Bertz CT molecular complexity index is 310. The Morgan fingerprint density at radius 2 is 2.00 bits per heavy atom. The molecule has 4 nitrogen and oxygen atoms in total. The van der Waals surface area contributed by atoms with Gasteiger partial charge in [-0.2, -0.15) is 0 Å². The van der Waals surface area contributed by atoms with E-state index in [1.807, 2.05) is 0 Å². The number of nitrogens with zero attached hydrogens (tertiary/aromatic N) is 2. The van der Waals surface area contributed by atoms with E-state index < -0.39 is 5.97 Å². The van der Waals surface area contributed by atoms with Crippen molar-refractivity contribution >= 4 is 29.2 Å². The molecule has 0 aliphatic carbocycles. The van der Waals surface area contributed by atoms with Crippen LogP contribution in [0.4, 0.5) is 0 Å². The second-order valence-electron chi connectivity index (χ2n) is 2.21. The average Bonchev–Trinajstić information content (AvgIpc) is 1.99. The maximum Gasteiger partial charge on any atom is 0.303 e. The van der Waals surface area contributed by atoms with Gasteiger partial charge in [-0.05, 0) is 0 Å². The molecule has 0 aromatic carbocycles. The lowest BCUT2D eigenvalue weighted by Gasteiger charge is -2.00. The molecule has 0 amide bonds. The summed E-state index contributed by atoms with van der Waals surface area (Å²) in [6.07, 6.45) is 0. The van der Waals surface area contributed by atoms with Gasteiger partial charge in [0.1, 0.15) is 10.3 Å². The number of carbonyl (C=O) groups excluding carboxylic acids is 1. The third kappa shape index (κ3) is 3.57. The van der Waals surface area contributed by atoms with E-state index in [2.05, 4.69) is 14.7 Å².